The average molecular weight is 365 g/mol. The van der Waals surface area contributed by atoms with E-state index >= 15 is 0 Å². The fourth-order valence-electron chi connectivity index (χ4n) is 3.40. The Morgan fingerprint density at radius 3 is 2.70 bits per heavy atom. The molecule has 0 amide bonds. The summed E-state index contributed by atoms with van der Waals surface area (Å²) in [6, 6.07) is 12.5. The monoisotopic (exact) mass is 365 g/mol. The van der Waals surface area contributed by atoms with Gasteiger partial charge in [0.25, 0.3) is 0 Å². The van der Waals surface area contributed by atoms with Gasteiger partial charge in [0, 0.05) is 35.9 Å². The largest absolute Gasteiger partial charge is 0.494 e. The number of fused-ring (bicyclic) bond motifs is 1. The highest BCUT2D eigenvalue weighted by Gasteiger charge is 2.24. The van der Waals surface area contributed by atoms with Gasteiger partial charge >= 0.3 is 0 Å². The summed E-state index contributed by atoms with van der Waals surface area (Å²) in [6.07, 6.45) is 5.40. The molecular formula is C22H24FN3O. The van der Waals surface area contributed by atoms with Crippen LogP contribution in [0.3, 0.4) is 0 Å². The van der Waals surface area contributed by atoms with Crippen molar-refractivity contribution in [1.29, 1.82) is 0 Å². The number of nitrogens with zero attached hydrogens (tertiary/aromatic N) is 2. The molecule has 2 aromatic carbocycles. The predicted molar refractivity (Wildman–Crippen MR) is 109 cm³/mol. The van der Waals surface area contributed by atoms with Crippen molar-refractivity contribution in [3.63, 3.8) is 0 Å². The Labute approximate surface area is 158 Å². The van der Waals surface area contributed by atoms with Gasteiger partial charge in [-0.15, -0.1) is 0 Å². The Bertz CT molecular complexity index is 958. The molecule has 140 valence electrons. The molecule has 27 heavy (non-hydrogen) atoms. The molecule has 1 heterocycles. The van der Waals surface area contributed by atoms with Crippen molar-refractivity contribution < 1.29 is 9.50 Å². The summed E-state index contributed by atoms with van der Waals surface area (Å²) in [6.45, 7) is 4.40. The summed E-state index contributed by atoms with van der Waals surface area (Å²) in [4.78, 5) is 9.75. The van der Waals surface area contributed by atoms with E-state index in [0.29, 0.717) is 16.5 Å². The number of anilines is 1. The van der Waals surface area contributed by atoms with Crippen molar-refractivity contribution in [3.8, 4) is 5.88 Å². The molecule has 0 unspecified atom stereocenters. The first-order chi connectivity index (χ1) is 13.1. The molecule has 5 heteroatoms. The van der Waals surface area contributed by atoms with Gasteiger partial charge in [0.15, 0.2) is 5.88 Å². The van der Waals surface area contributed by atoms with E-state index in [0.717, 1.165) is 31.1 Å². The van der Waals surface area contributed by atoms with E-state index in [2.05, 4.69) is 33.9 Å². The van der Waals surface area contributed by atoms with Crippen LogP contribution in [0.2, 0.25) is 0 Å². The minimum Gasteiger partial charge on any atom is -0.494 e. The number of nitrogens with one attached hydrogen (secondary N) is 1. The fraction of sp³-hybridized carbons (Fsp3) is 0.318. The maximum Gasteiger partial charge on any atom is 0.198 e. The van der Waals surface area contributed by atoms with E-state index < -0.39 is 0 Å². The molecule has 1 aliphatic rings. The van der Waals surface area contributed by atoms with Gasteiger partial charge in [-0.1, -0.05) is 6.92 Å². The van der Waals surface area contributed by atoms with Crippen LogP contribution < -0.4 is 4.90 Å². The standard InChI is InChI=1S/C22H24FN3O/c1-2-11-26(14-15-3-4-15)18-8-6-17(7-9-18)24-13-20-19-12-16(23)5-10-21(19)25-22(20)27/h5-10,12-13,15,25,27H,2-4,11,14H2,1H3. The zero-order chi connectivity index (χ0) is 18.8. The average Bonchev–Trinajstić information content (AvgIpc) is 3.43. The summed E-state index contributed by atoms with van der Waals surface area (Å²) in [5.74, 6) is 0.501. The van der Waals surface area contributed by atoms with Gasteiger partial charge in [-0.3, -0.25) is 4.99 Å². The minimum absolute atomic E-state index is 0.00507. The first kappa shape index (κ1) is 17.6. The van der Waals surface area contributed by atoms with Crippen LogP contribution in [0.5, 0.6) is 5.88 Å². The molecule has 2 N–H and O–H groups in total. The molecular weight excluding hydrogens is 341 g/mol. The zero-order valence-electron chi connectivity index (χ0n) is 15.5. The summed E-state index contributed by atoms with van der Waals surface area (Å²) in [7, 11) is 0. The van der Waals surface area contributed by atoms with Crippen molar-refractivity contribution in [2.24, 2.45) is 10.9 Å². The predicted octanol–water partition coefficient (Wildman–Crippen LogP) is 5.39. The van der Waals surface area contributed by atoms with Gasteiger partial charge in [0.05, 0.1) is 11.3 Å². The first-order valence-electron chi connectivity index (χ1n) is 9.53. The molecule has 0 bridgehead atoms. The lowest BCUT2D eigenvalue weighted by Crippen LogP contribution is -2.26. The van der Waals surface area contributed by atoms with Crippen LogP contribution in [0.25, 0.3) is 10.9 Å². The number of H-pyrrole nitrogens is 1. The third kappa shape index (κ3) is 3.97. The molecule has 3 aromatic rings. The summed E-state index contributed by atoms with van der Waals surface area (Å²) >= 11 is 0. The minimum atomic E-state index is -0.341. The fourth-order valence-corrected chi connectivity index (χ4v) is 3.40. The molecule has 1 saturated carbocycles. The van der Waals surface area contributed by atoms with Gasteiger partial charge in [0.2, 0.25) is 0 Å². The normalized spacial score (nSPS) is 14.3. The highest BCUT2D eigenvalue weighted by Crippen LogP contribution is 2.32. The lowest BCUT2D eigenvalue weighted by Gasteiger charge is -2.24. The number of halogens is 1. The molecule has 0 aliphatic heterocycles. The van der Waals surface area contributed by atoms with Crippen LogP contribution in [0.4, 0.5) is 15.8 Å². The van der Waals surface area contributed by atoms with E-state index in [-0.39, 0.29) is 11.7 Å². The van der Waals surface area contributed by atoms with Crippen molar-refractivity contribution in [2.45, 2.75) is 26.2 Å². The Hall–Kier alpha value is -2.82. The van der Waals surface area contributed by atoms with E-state index in [9.17, 15) is 9.50 Å². The Morgan fingerprint density at radius 1 is 1.22 bits per heavy atom. The molecule has 0 spiro atoms. The van der Waals surface area contributed by atoms with Crippen molar-refractivity contribution in [2.75, 3.05) is 18.0 Å². The number of rotatable bonds is 7. The maximum absolute atomic E-state index is 13.5. The molecule has 0 atom stereocenters. The number of aromatic amines is 1. The number of aromatic nitrogens is 1. The molecule has 1 fully saturated rings. The second kappa shape index (κ2) is 7.43. The van der Waals surface area contributed by atoms with Crippen LogP contribution in [-0.4, -0.2) is 29.4 Å². The second-order valence-electron chi connectivity index (χ2n) is 7.24. The number of benzene rings is 2. The zero-order valence-corrected chi connectivity index (χ0v) is 15.5. The van der Waals surface area contributed by atoms with E-state index in [1.54, 1.807) is 12.3 Å². The number of aromatic hydroxyl groups is 1. The first-order valence-corrected chi connectivity index (χ1v) is 9.53. The topological polar surface area (TPSA) is 51.6 Å². The van der Waals surface area contributed by atoms with Gasteiger partial charge in [0.1, 0.15) is 5.82 Å². The number of hydrogen-bond acceptors (Lipinski definition) is 3. The van der Waals surface area contributed by atoms with Crippen LogP contribution >= 0.6 is 0 Å². The van der Waals surface area contributed by atoms with Crippen LogP contribution in [-0.2, 0) is 0 Å². The van der Waals surface area contributed by atoms with Gasteiger partial charge in [-0.05, 0) is 67.6 Å². The third-order valence-electron chi connectivity index (χ3n) is 5.01. The van der Waals surface area contributed by atoms with E-state index in [4.69, 9.17) is 0 Å². The lowest BCUT2D eigenvalue weighted by molar-refractivity contribution is 0.457. The van der Waals surface area contributed by atoms with E-state index in [1.807, 2.05) is 12.1 Å². The Morgan fingerprint density at radius 2 is 2.00 bits per heavy atom. The molecule has 1 aromatic heterocycles. The molecule has 0 saturated heterocycles. The van der Waals surface area contributed by atoms with Crippen LogP contribution in [0.1, 0.15) is 31.7 Å². The molecule has 4 nitrogen and oxygen atoms in total. The van der Waals surface area contributed by atoms with Crippen molar-refractivity contribution >= 4 is 28.5 Å². The van der Waals surface area contributed by atoms with Gasteiger partial charge in [-0.25, -0.2) is 4.39 Å². The Kier molecular flexibility index (Phi) is 4.84. The van der Waals surface area contributed by atoms with Crippen molar-refractivity contribution in [1.82, 2.24) is 4.98 Å². The third-order valence-corrected chi connectivity index (χ3v) is 5.01. The highest BCUT2D eigenvalue weighted by atomic mass is 19.1. The van der Waals surface area contributed by atoms with E-state index in [1.165, 1.54) is 30.7 Å². The molecule has 4 rings (SSSR count). The van der Waals surface area contributed by atoms with Gasteiger partial charge in [-0.2, -0.15) is 0 Å². The van der Waals surface area contributed by atoms with Gasteiger partial charge < -0.3 is 15.0 Å². The molecule has 0 radical (unpaired) electrons. The van der Waals surface area contributed by atoms with Crippen LogP contribution in [0.15, 0.2) is 47.5 Å². The SMILES string of the molecule is CCCN(CC1CC1)c1ccc(N=Cc2c(O)[nH]c3ccc(F)cc23)cc1. The smallest absolute Gasteiger partial charge is 0.198 e. The maximum atomic E-state index is 13.5. The summed E-state index contributed by atoms with van der Waals surface area (Å²) in [5, 5.41) is 10.7. The highest BCUT2D eigenvalue weighted by molar-refractivity contribution is 6.02. The lowest BCUT2D eigenvalue weighted by atomic mass is 10.2. The second-order valence-corrected chi connectivity index (χ2v) is 7.24. The van der Waals surface area contributed by atoms with Crippen LogP contribution in [0, 0.1) is 11.7 Å². The number of aliphatic imine (C=N–C) groups is 1. The molecule has 1 aliphatic carbocycles. The summed E-state index contributed by atoms with van der Waals surface area (Å²) in [5.41, 5.74) is 3.20. The van der Waals surface area contributed by atoms with Crippen molar-refractivity contribution in [3.05, 3.63) is 53.8 Å². The Balaban J connectivity index is 1.54. The summed E-state index contributed by atoms with van der Waals surface area (Å²) < 4.78 is 13.5. The number of hydrogen-bond donors (Lipinski definition) is 2. The quantitative estimate of drug-likeness (QED) is 0.552.